The fraction of sp³-hybridized carbons (Fsp3) is 0.312. The van der Waals surface area contributed by atoms with Gasteiger partial charge in [-0.05, 0) is 43.2 Å². The van der Waals surface area contributed by atoms with Crippen LogP contribution in [0.5, 0.6) is 0 Å². The lowest BCUT2D eigenvalue weighted by Gasteiger charge is -2.13. The monoisotopic (exact) mass is 272 g/mol. The third-order valence-corrected chi connectivity index (χ3v) is 3.41. The van der Waals surface area contributed by atoms with E-state index < -0.39 is 5.97 Å². The number of aromatic nitrogens is 1. The van der Waals surface area contributed by atoms with Crippen molar-refractivity contribution < 1.29 is 9.90 Å². The largest absolute Gasteiger partial charge is 0.478 e. The van der Waals surface area contributed by atoms with Gasteiger partial charge in [-0.25, -0.2) is 4.79 Å². The highest BCUT2D eigenvalue weighted by molar-refractivity contribution is 5.91. The zero-order valence-corrected chi connectivity index (χ0v) is 11.9. The van der Waals surface area contributed by atoms with E-state index in [-0.39, 0.29) is 0 Å². The van der Waals surface area contributed by atoms with Crippen LogP contribution < -0.4 is 5.32 Å². The number of hydrogen-bond donors (Lipinski definition) is 2. The van der Waals surface area contributed by atoms with Crippen LogP contribution in [-0.2, 0) is 13.1 Å². The Morgan fingerprint density at radius 2 is 2.10 bits per heavy atom. The molecule has 0 aliphatic heterocycles. The number of anilines is 1. The highest BCUT2D eigenvalue weighted by Crippen LogP contribution is 2.20. The average Bonchev–Trinajstić information content (AvgIpc) is 2.85. The smallest absolute Gasteiger partial charge is 0.336 e. The van der Waals surface area contributed by atoms with E-state index >= 15 is 0 Å². The van der Waals surface area contributed by atoms with Gasteiger partial charge in [0, 0.05) is 24.1 Å². The minimum atomic E-state index is -0.888. The number of carboxylic acid groups (broad SMARTS) is 1. The lowest BCUT2D eigenvalue weighted by Crippen LogP contribution is -2.09. The van der Waals surface area contributed by atoms with Gasteiger partial charge >= 0.3 is 5.97 Å². The van der Waals surface area contributed by atoms with Gasteiger partial charge in [0.25, 0.3) is 0 Å². The van der Waals surface area contributed by atoms with Crippen molar-refractivity contribution in [1.29, 1.82) is 0 Å². The van der Waals surface area contributed by atoms with Gasteiger partial charge in [0.2, 0.25) is 0 Å². The van der Waals surface area contributed by atoms with Crippen molar-refractivity contribution in [1.82, 2.24) is 4.57 Å². The molecule has 20 heavy (non-hydrogen) atoms. The topological polar surface area (TPSA) is 54.3 Å². The molecular formula is C16H20N2O2. The first kappa shape index (κ1) is 14.2. The van der Waals surface area contributed by atoms with Crippen LogP contribution in [0.3, 0.4) is 0 Å². The van der Waals surface area contributed by atoms with Crippen molar-refractivity contribution in [3.8, 4) is 0 Å². The van der Waals surface area contributed by atoms with E-state index in [9.17, 15) is 4.79 Å². The SMILES string of the molecule is CCCn1cccc1CNc1cccc(C(=O)O)c1C. The Kier molecular flexibility index (Phi) is 4.45. The van der Waals surface area contributed by atoms with Crippen LogP contribution in [-0.4, -0.2) is 15.6 Å². The normalized spacial score (nSPS) is 10.5. The van der Waals surface area contributed by atoms with Gasteiger partial charge in [-0.15, -0.1) is 0 Å². The quantitative estimate of drug-likeness (QED) is 0.846. The van der Waals surface area contributed by atoms with E-state index in [1.165, 1.54) is 5.69 Å². The van der Waals surface area contributed by atoms with E-state index in [0.29, 0.717) is 12.1 Å². The number of benzene rings is 1. The summed E-state index contributed by atoms with van der Waals surface area (Å²) in [6, 6.07) is 9.42. The second kappa shape index (κ2) is 6.28. The summed E-state index contributed by atoms with van der Waals surface area (Å²) in [6.45, 7) is 5.67. The van der Waals surface area contributed by atoms with Crippen LogP contribution in [0.15, 0.2) is 36.5 Å². The van der Waals surface area contributed by atoms with Gasteiger partial charge < -0.3 is 15.0 Å². The van der Waals surface area contributed by atoms with Crippen LogP contribution in [0.1, 0.15) is 35.0 Å². The first-order chi connectivity index (χ1) is 9.63. The Balaban J connectivity index is 2.13. The van der Waals surface area contributed by atoms with Crippen molar-refractivity contribution >= 4 is 11.7 Å². The molecule has 0 unspecified atom stereocenters. The van der Waals surface area contributed by atoms with Crippen LogP contribution in [0.2, 0.25) is 0 Å². The maximum absolute atomic E-state index is 11.1. The summed E-state index contributed by atoms with van der Waals surface area (Å²) in [7, 11) is 0. The van der Waals surface area contributed by atoms with Gasteiger partial charge in [-0.3, -0.25) is 0 Å². The summed E-state index contributed by atoms with van der Waals surface area (Å²) in [6.07, 6.45) is 3.16. The minimum Gasteiger partial charge on any atom is -0.478 e. The Bertz CT molecular complexity index is 602. The number of nitrogens with zero attached hydrogens (tertiary/aromatic N) is 1. The standard InChI is InChI=1S/C16H20N2O2/c1-3-9-18-10-5-6-13(18)11-17-15-8-4-7-14(12(15)2)16(19)20/h4-8,10,17H,3,9,11H2,1-2H3,(H,19,20). The Morgan fingerprint density at radius 1 is 1.30 bits per heavy atom. The molecule has 2 rings (SSSR count). The van der Waals surface area contributed by atoms with Crippen molar-refractivity contribution in [3.63, 3.8) is 0 Å². The van der Waals surface area contributed by atoms with Crippen molar-refractivity contribution in [2.75, 3.05) is 5.32 Å². The molecule has 0 amide bonds. The summed E-state index contributed by atoms with van der Waals surface area (Å²) in [5.41, 5.74) is 3.19. The molecule has 0 fully saturated rings. The molecule has 0 spiro atoms. The maximum Gasteiger partial charge on any atom is 0.336 e. The van der Waals surface area contributed by atoms with Crippen LogP contribution in [0.25, 0.3) is 0 Å². The Hall–Kier alpha value is -2.23. The second-order valence-electron chi connectivity index (χ2n) is 4.83. The third-order valence-electron chi connectivity index (χ3n) is 3.41. The molecule has 1 aromatic heterocycles. The Morgan fingerprint density at radius 3 is 2.80 bits per heavy atom. The summed E-state index contributed by atoms with van der Waals surface area (Å²) in [4.78, 5) is 11.1. The van der Waals surface area contributed by atoms with E-state index in [2.05, 4.69) is 29.1 Å². The molecule has 0 aliphatic rings. The van der Waals surface area contributed by atoms with Gasteiger partial charge in [-0.1, -0.05) is 13.0 Å². The van der Waals surface area contributed by atoms with Crippen LogP contribution in [0.4, 0.5) is 5.69 Å². The van der Waals surface area contributed by atoms with Crippen molar-refractivity contribution in [3.05, 3.63) is 53.3 Å². The predicted octanol–water partition coefficient (Wildman–Crippen LogP) is 3.52. The van der Waals surface area contributed by atoms with Crippen molar-refractivity contribution in [2.24, 2.45) is 0 Å². The molecular weight excluding hydrogens is 252 g/mol. The van der Waals surface area contributed by atoms with Gasteiger partial charge in [0.1, 0.15) is 0 Å². The molecule has 4 heteroatoms. The molecule has 2 aromatic rings. The minimum absolute atomic E-state index is 0.346. The summed E-state index contributed by atoms with van der Waals surface area (Å²) in [5, 5.41) is 12.4. The zero-order chi connectivity index (χ0) is 14.5. The van der Waals surface area contributed by atoms with Crippen molar-refractivity contribution in [2.45, 2.75) is 33.4 Å². The lowest BCUT2D eigenvalue weighted by molar-refractivity contribution is 0.0696. The second-order valence-corrected chi connectivity index (χ2v) is 4.83. The van der Waals surface area contributed by atoms with E-state index in [1.807, 2.05) is 19.1 Å². The number of rotatable bonds is 6. The molecule has 0 saturated heterocycles. The molecule has 0 aliphatic carbocycles. The fourth-order valence-corrected chi connectivity index (χ4v) is 2.31. The molecule has 1 aromatic carbocycles. The number of aryl methyl sites for hydroxylation is 1. The molecule has 0 atom stereocenters. The van der Waals surface area contributed by atoms with E-state index in [0.717, 1.165) is 24.2 Å². The number of carboxylic acids is 1. The molecule has 106 valence electrons. The summed E-state index contributed by atoms with van der Waals surface area (Å²) < 4.78 is 2.21. The summed E-state index contributed by atoms with van der Waals surface area (Å²) >= 11 is 0. The molecule has 0 saturated carbocycles. The number of aromatic carboxylic acids is 1. The maximum atomic E-state index is 11.1. The number of carbonyl (C=O) groups is 1. The zero-order valence-electron chi connectivity index (χ0n) is 11.9. The fourth-order valence-electron chi connectivity index (χ4n) is 2.31. The van der Waals surface area contributed by atoms with Gasteiger partial charge in [0.15, 0.2) is 0 Å². The number of hydrogen-bond acceptors (Lipinski definition) is 2. The predicted molar refractivity (Wildman–Crippen MR) is 80.2 cm³/mol. The highest BCUT2D eigenvalue weighted by atomic mass is 16.4. The highest BCUT2D eigenvalue weighted by Gasteiger charge is 2.10. The lowest BCUT2D eigenvalue weighted by atomic mass is 10.1. The molecule has 2 N–H and O–H groups in total. The number of nitrogens with one attached hydrogen (secondary N) is 1. The first-order valence-corrected chi connectivity index (χ1v) is 6.84. The Labute approximate surface area is 119 Å². The molecule has 4 nitrogen and oxygen atoms in total. The van der Waals surface area contributed by atoms with E-state index in [4.69, 9.17) is 5.11 Å². The van der Waals surface area contributed by atoms with Crippen LogP contribution in [0, 0.1) is 6.92 Å². The average molecular weight is 272 g/mol. The molecule has 0 bridgehead atoms. The van der Waals surface area contributed by atoms with Crippen LogP contribution >= 0.6 is 0 Å². The van der Waals surface area contributed by atoms with Gasteiger partial charge in [0.05, 0.1) is 12.1 Å². The molecule has 0 radical (unpaired) electrons. The van der Waals surface area contributed by atoms with E-state index in [1.54, 1.807) is 12.1 Å². The van der Waals surface area contributed by atoms with Gasteiger partial charge in [-0.2, -0.15) is 0 Å². The summed E-state index contributed by atoms with van der Waals surface area (Å²) in [5.74, 6) is -0.888. The molecule has 1 heterocycles. The first-order valence-electron chi connectivity index (χ1n) is 6.84. The third kappa shape index (κ3) is 3.02.